The molecule has 3 aromatic rings. The molecule has 0 saturated heterocycles. The molecule has 0 heterocycles. The molecule has 8 nitrogen and oxygen atoms in total. The number of rotatable bonds is 6. The molecule has 0 fully saturated rings. The first-order chi connectivity index (χ1) is 13.8. The predicted molar refractivity (Wildman–Crippen MR) is 106 cm³/mol. The Morgan fingerprint density at radius 3 is 2.28 bits per heavy atom. The zero-order valence-electron chi connectivity index (χ0n) is 15.2. The Bertz CT molecular complexity index is 1190. The van der Waals surface area contributed by atoms with E-state index in [-0.39, 0.29) is 21.9 Å². The molecule has 3 aromatic carbocycles. The van der Waals surface area contributed by atoms with Crippen LogP contribution in [-0.2, 0) is 10.0 Å². The Kier molecular flexibility index (Phi) is 5.47. The summed E-state index contributed by atoms with van der Waals surface area (Å²) in [5.74, 6) is 0.515. The topological polar surface area (TPSA) is 114 Å². The molecule has 3 rings (SSSR count). The van der Waals surface area contributed by atoms with Gasteiger partial charge in [-0.25, -0.2) is 8.42 Å². The number of nitrogens with zero attached hydrogens (tertiary/aromatic N) is 3. The summed E-state index contributed by atoms with van der Waals surface area (Å²) < 4.78 is 32.1. The molecule has 0 atom stereocenters. The monoisotopic (exact) mass is 409 g/mol. The van der Waals surface area contributed by atoms with Crippen molar-refractivity contribution in [2.24, 2.45) is 0 Å². The van der Waals surface area contributed by atoms with Crippen LogP contribution < -0.4 is 9.04 Å². The number of nitro groups is 1. The third-order valence-corrected chi connectivity index (χ3v) is 5.92. The van der Waals surface area contributed by atoms with Crippen LogP contribution in [0.3, 0.4) is 0 Å². The Morgan fingerprint density at radius 2 is 1.69 bits per heavy atom. The van der Waals surface area contributed by atoms with Crippen molar-refractivity contribution < 1.29 is 18.1 Å². The number of benzene rings is 3. The normalized spacial score (nSPS) is 10.8. The van der Waals surface area contributed by atoms with E-state index < -0.39 is 14.9 Å². The molecule has 0 aliphatic heterocycles. The fourth-order valence-corrected chi connectivity index (χ4v) is 3.76. The molecule has 0 aliphatic carbocycles. The summed E-state index contributed by atoms with van der Waals surface area (Å²) in [6, 6.07) is 19.9. The predicted octanol–water partition coefficient (Wildman–Crippen LogP) is 4.08. The van der Waals surface area contributed by atoms with Gasteiger partial charge in [0.2, 0.25) is 0 Å². The van der Waals surface area contributed by atoms with Crippen LogP contribution in [-0.4, -0.2) is 20.4 Å². The number of anilines is 1. The maximum absolute atomic E-state index is 12.7. The second-order valence-electron chi connectivity index (χ2n) is 5.93. The van der Waals surface area contributed by atoms with E-state index in [1.165, 1.54) is 31.3 Å². The van der Waals surface area contributed by atoms with Crippen LogP contribution in [0, 0.1) is 21.4 Å². The lowest BCUT2D eigenvalue weighted by Crippen LogP contribution is -2.26. The summed E-state index contributed by atoms with van der Waals surface area (Å²) in [6.45, 7) is 0. The summed E-state index contributed by atoms with van der Waals surface area (Å²) in [5.41, 5.74) is 0.231. The molecule has 0 N–H and O–H groups in total. The smallest absolute Gasteiger partial charge is 0.271 e. The molecule has 0 aromatic heterocycles. The van der Waals surface area contributed by atoms with Crippen molar-refractivity contribution in [3.8, 4) is 17.6 Å². The van der Waals surface area contributed by atoms with Crippen LogP contribution in [0.1, 0.15) is 5.56 Å². The molecule has 9 heteroatoms. The number of nitro benzene ring substituents is 1. The molecule has 0 unspecified atom stereocenters. The maximum atomic E-state index is 12.7. The van der Waals surface area contributed by atoms with E-state index in [1.807, 2.05) is 6.07 Å². The van der Waals surface area contributed by atoms with Crippen molar-refractivity contribution in [2.75, 3.05) is 11.4 Å². The van der Waals surface area contributed by atoms with Crippen LogP contribution in [0.5, 0.6) is 11.5 Å². The minimum Gasteiger partial charge on any atom is -0.456 e. The van der Waals surface area contributed by atoms with E-state index in [2.05, 4.69) is 0 Å². The molecule has 0 bridgehead atoms. The van der Waals surface area contributed by atoms with Crippen LogP contribution in [0.15, 0.2) is 77.7 Å². The third-order valence-electron chi connectivity index (χ3n) is 4.12. The SMILES string of the molecule is CN(c1ccc(Oc2ccc([N+](=O)[O-])cc2C#N)cc1)S(=O)(=O)c1ccccc1. The van der Waals surface area contributed by atoms with Crippen molar-refractivity contribution in [3.05, 3.63) is 88.5 Å². The van der Waals surface area contributed by atoms with Gasteiger partial charge >= 0.3 is 0 Å². The van der Waals surface area contributed by atoms with E-state index >= 15 is 0 Å². The Balaban J connectivity index is 1.83. The fraction of sp³-hybridized carbons (Fsp3) is 0.0500. The van der Waals surface area contributed by atoms with Gasteiger partial charge in [0.15, 0.2) is 0 Å². The van der Waals surface area contributed by atoms with Crippen LogP contribution >= 0.6 is 0 Å². The zero-order chi connectivity index (χ0) is 21.0. The molecule has 0 amide bonds. The number of ether oxygens (including phenoxy) is 1. The van der Waals surface area contributed by atoms with Gasteiger partial charge in [-0.3, -0.25) is 14.4 Å². The van der Waals surface area contributed by atoms with E-state index in [4.69, 9.17) is 4.74 Å². The maximum Gasteiger partial charge on any atom is 0.271 e. The Morgan fingerprint density at radius 1 is 1.03 bits per heavy atom. The first-order valence-corrected chi connectivity index (χ1v) is 9.77. The zero-order valence-corrected chi connectivity index (χ0v) is 16.0. The minimum atomic E-state index is -3.70. The fourth-order valence-electron chi connectivity index (χ4n) is 2.55. The van der Waals surface area contributed by atoms with E-state index in [1.54, 1.807) is 42.5 Å². The molecule has 0 spiro atoms. The molecule has 29 heavy (non-hydrogen) atoms. The van der Waals surface area contributed by atoms with Gasteiger partial charge in [0, 0.05) is 19.2 Å². The second kappa shape index (κ2) is 8.00. The van der Waals surface area contributed by atoms with Crippen molar-refractivity contribution >= 4 is 21.4 Å². The van der Waals surface area contributed by atoms with Crippen molar-refractivity contribution in [3.63, 3.8) is 0 Å². The summed E-state index contributed by atoms with van der Waals surface area (Å²) in [7, 11) is -2.26. The van der Waals surface area contributed by atoms with Crippen LogP contribution in [0.2, 0.25) is 0 Å². The number of sulfonamides is 1. The summed E-state index contributed by atoms with van der Waals surface area (Å²) >= 11 is 0. The molecular weight excluding hydrogens is 394 g/mol. The highest BCUT2D eigenvalue weighted by Gasteiger charge is 2.21. The number of hydrogen-bond acceptors (Lipinski definition) is 6. The van der Waals surface area contributed by atoms with E-state index in [0.717, 1.165) is 10.4 Å². The number of non-ortho nitro benzene ring substituents is 1. The molecule has 0 aliphatic rings. The van der Waals surface area contributed by atoms with Gasteiger partial charge < -0.3 is 4.74 Å². The first-order valence-electron chi connectivity index (χ1n) is 8.33. The molecule has 0 radical (unpaired) electrons. The van der Waals surface area contributed by atoms with Gasteiger partial charge in [-0.05, 0) is 42.5 Å². The van der Waals surface area contributed by atoms with Crippen molar-refractivity contribution in [1.82, 2.24) is 0 Å². The van der Waals surface area contributed by atoms with Gasteiger partial charge in [0.1, 0.15) is 23.1 Å². The standard InChI is InChI=1S/C20H15N3O5S/c1-22(29(26,27)19-5-3-2-4-6-19)16-7-10-18(11-8-16)28-20-12-9-17(23(24)25)13-15(20)14-21/h2-13H,1H3. The van der Waals surface area contributed by atoms with Crippen LogP contribution in [0.25, 0.3) is 0 Å². The lowest BCUT2D eigenvalue weighted by Gasteiger charge is -2.19. The Hall–Kier alpha value is -3.90. The van der Waals surface area contributed by atoms with Gasteiger partial charge in [-0.1, -0.05) is 18.2 Å². The van der Waals surface area contributed by atoms with E-state index in [0.29, 0.717) is 11.4 Å². The highest BCUT2D eigenvalue weighted by molar-refractivity contribution is 7.92. The van der Waals surface area contributed by atoms with Crippen molar-refractivity contribution in [1.29, 1.82) is 5.26 Å². The second-order valence-corrected chi connectivity index (χ2v) is 7.90. The average Bonchev–Trinajstić information content (AvgIpc) is 2.74. The first kappa shape index (κ1) is 19.9. The molecule has 0 saturated carbocycles. The Labute approximate surface area is 167 Å². The summed E-state index contributed by atoms with van der Waals surface area (Å²) in [6.07, 6.45) is 0. The van der Waals surface area contributed by atoms with Crippen LogP contribution in [0.4, 0.5) is 11.4 Å². The molecular formula is C20H15N3O5S. The lowest BCUT2D eigenvalue weighted by molar-refractivity contribution is -0.384. The van der Waals surface area contributed by atoms with Gasteiger partial charge in [-0.15, -0.1) is 0 Å². The summed E-state index contributed by atoms with van der Waals surface area (Å²) in [4.78, 5) is 10.4. The van der Waals surface area contributed by atoms with Crippen molar-refractivity contribution in [2.45, 2.75) is 4.90 Å². The highest BCUT2D eigenvalue weighted by atomic mass is 32.2. The van der Waals surface area contributed by atoms with Gasteiger partial charge in [0.05, 0.1) is 15.5 Å². The minimum absolute atomic E-state index is 0.0204. The van der Waals surface area contributed by atoms with Gasteiger partial charge in [-0.2, -0.15) is 5.26 Å². The van der Waals surface area contributed by atoms with E-state index in [9.17, 15) is 23.8 Å². The lowest BCUT2D eigenvalue weighted by atomic mass is 10.2. The molecule has 146 valence electrons. The summed E-state index contributed by atoms with van der Waals surface area (Å²) in [5, 5.41) is 20.0. The average molecular weight is 409 g/mol. The third kappa shape index (κ3) is 4.17. The highest BCUT2D eigenvalue weighted by Crippen LogP contribution is 2.30. The number of nitriles is 1. The number of hydrogen-bond donors (Lipinski definition) is 0. The largest absolute Gasteiger partial charge is 0.456 e. The quantitative estimate of drug-likeness (QED) is 0.448. The van der Waals surface area contributed by atoms with Gasteiger partial charge in [0.25, 0.3) is 15.7 Å².